The molecule has 1 aliphatic heterocycles. The molecule has 3 N–H and O–H groups in total. The van der Waals surface area contributed by atoms with Gasteiger partial charge in [0, 0.05) is 18.6 Å². The van der Waals surface area contributed by atoms with E-state index in [1.54, 1.807) is 0 Å². The molecule has 3 nitrogen and oxygen atoms in total. The summed E-state index contributed by atoms with van der Waals surface area (Å²) >= 11 is 0. The summed E-state index contributed by atoms with van der Waals surface area (Å²) in [5.74, 6) is 7.08. The standard InChI is InChI=1S/C18H28N2O/c1-2-16(14-7-4-3-5-8-14)17(20-19)15-9-12-21-18(13-15)10-6-11-18/h3-5,7-8,15-17,20H,2,6,9-13,19H2,1H3. The van der Waals surface area contributed by atoms with E-state index in [1.165, 1.54) is 31.2 Å². The smallest absolute Gasteiger partial charge is 0.0685 e. The van der Waals surface area contributed by atoms with Crippen LogP contribution in [-0.4, -0.2) is 18.2 Å². The van der Waals surface area contributed by atoms with Gasteiger partial charge in [-0.2, -0.15) is 0 Å². The van der Waals surface area contributed by atoms with E-state index in [2.05, 4.69) is 42.7 Å². The zero-order valence-corrected chi connectivity index (χ0v) is 13.1. The summed E-state index contributed by atoms with van der Waals surface area (Å²) in [4.78, 5) is 0. The predicted molar refractivity (Wildman–Crippen MR) is 85.8 cm³/mol. The third-order valence-electron chi connectivity index (χ3n) is 5.60. The third kappa shape index (κ3) is 3.01. The molecule has 21 heavy (non-hydrogen) atoms. The Labute approximate surface area is 128 Å². The number of benzene rings is 1. The van der Waals surface area contributed by atoms with Crippen molar-refractivity contribution in [3.63, 3.8) is 0 Å². The van der Waals surface area contributed by atoms with Crippen molar-refractivity contribution in [1.29, 1.82) is 0 Å². The van der Waals surface area contributed by atoms with Crippen LogP contribution in [0, 0.1) is 5.92 Å². The average molecular weight is 288 g/mol. The topological polar surface area (TPSA) is 47.3 Å². The van der Waals surface area contributed by atoms with E-state index in [0.29, 0.717) is 17.9 Å². The summed E-state index contributed by atoms with van der Waals surface area (Å²) in [6.45, 7) is 3.16. The van der Waals surface area contributed by atoms with Gasteiger partial charge in [0.25, 0.3) is 0 Å². The monoisotopic (exact) mass is 288 g/mol. The molecule has 1 heterocycles. The van der Waals surface area contributed by atoms with Gasteiger partial charge in [0.2, 0.25) is 0 Å². The second kappa shape index (κ2) is 6.47. The van der Waals surface area contributed by atoms with Crippen LogP contribution in [0.1, 0.15) is 56.9 Å². The van der Waals surface area contributed by atoms with Crippen LogP contribution in [0.25, 0.3) is 0 Å². The van der Waals surface area contributed by atoms with Crippen molar-refractivity contribution in [3.05, 3.63) is 35.9 Å². The van der Waals surface area contributed by atoms with E-state index < -0.39 is 0 Å². The first kappa shape index (κ1) is 15.0. The molecule has 1 saturated heterocycles. The number of hydrazine groups is 1. The van der Waals surface area contributed by atoms with Gasteiger partial charge in [-0.1, -0.05) is 37.3 Å². The van der Waals surface area contributed by atoms with Gasteiger partial charge in [0.05, 0.1) is 5.60 Å². The van der Waals surface area contributed by atoms with E-state index in [0.717, 1.165) is 19.4 Å². The van der Waals surface area contributed by atoms with Gasteiger partial charge in [-0.15, -0.1) is 0 Å². The third-order valence-corrected chi connectivity index (χ3v) is 5.60. The maximum Gasteiger partial charge on any atom is 0.0685 e. The Morgan fingerprint density at radius 2 is 2.10 bits per heavy atom. The van der Waals surface area contributed by atoms with Crippen molar-refractivity contribution in [1.82, 2.24) is 5.43 Å². The Morgan fingerprint density at radius 1 is 1.33 bits per heavy atom. The molecule has 3 rings (SSSR count). The molecule has 1 aromatic carbocycles. The van der Waals surface area contributed by atoms with Gasteiger partial charge in [-0.25, -0.2) is 0 Å². The molecule has 0 aromatic heterocycles. The van der Waals surface area contributed by atoms with Crippen LogP contribution < -0.4 is 11.3 Å². The minimum absolute atomic E-state index is 0.187. The van der Waals surface area contributed by atoms with Crippen LogP contribution in [0.5, 0.6) is 0 Å². The molecule has 0 bridgehead atoms. The lowest BCUT2D eigenvalue weighted by atomic mass is 9.68. The molecule has 3 atom stereocenters. The van der Waals surface area contributed by atoms with Crippen molar-refractivity contribution < 1.29 is 4.74 Å². The Balaban J connectivity index is 1.76. The maximum atomic E-state index is 6.08. The van der Waals surface area contributed by atoms with E-state index in [1.807, 2.05) is 0 Å². The van der Waals surface area contributed by atoms with Crippen LogP contribution >= 0.6 is 0 Å². The van der Waals surface area contributed by atoms with Gasteiger partial charge < -0.3 is 4.74 Å². The van der Waals surface area contributed by atoms with E-state index in [4.69, 9.17) is 10.6 Å². The zero-order valence-electron chi connectivity index (χ0n) is 13.1. The molecule has 3 heteroatoms. The highest BCUT2D eigenvalue weighted by Crippen LogP contribution is 2.46. The van der Waals surface area contributed by atoms with Crippen molar-refractivity contribution in [3.8, 4) is 0 Å². The van der Waals surface area contributed by atoms with Crippen LogP contribution in [0.4, 0.5) is 0 Å². The highest BCUT2D eigenvalue weighted by Gasteiger charge is 2.45. The Hall–Kier alpha value is -0.900. The minimum atomic E-state index is 0.187. The van der Waals surface area contributed by atoms with E-state index in [9.17, 15) is 0 Å². The molecule has 1 aliphatic carbocycles. The Bertz CT molecular complexity index is 444. The van der Waals surface area contributed by atoms with Crippen LogP contribution in [0.2, 0.25) is 0 Å². The van der Waals surface area contributed by atoms with Crippen LogP contribution in [0.15, 0.2) is 30.3 Å². The van der Waals surface area contributed by atoms with Crippen LogP contribution in [0.3, 0.4) is 0 Å². The minimum Gasteiger partial charge on any atom is -0.375 e. The van der Waals surface area contributed by atoms with Crippen molar-refractivity contribution in [2.45, 2.75) is 63.0 Å². The normalized spacial score (nSPS) is 27.0. The highest BCUT2D eigenvalue weighted by atomic mass is 16.5. The first-order valence-corrected chi connectivity index (χ1v) is 8.43. The van der Waals surface area contributed by atoms with Gasteiger partial charge in [-0.05, 0) is 50.0 Å². The molecule has 3 unspecified atom stereocenters. The highest BCUT2D eigenvalue weighted by molar-refractivity contribution is 5.22. The van der Waals surface area contributed by atoms with Gasteiger partial charge in [0.1, 0.15) is 0 Å². The molecule has 1 saturated carbocycles. The molecule has 0 amide bonds. The second-order valence-electron chi connectivity index (χ2n) is 6.76. The molecule has 2 fully saturated rings. The van der Waals surface area contributed by atoms with Gasteiger partial charge in [0.15, 0.2) is 0 Å². The maximum absolute atomic E-state index is 6.08. The summed E-state index contributed by atoms with van der Waals surface area (Å²) in [7, 11) is 0. The SMILES string of the molecule is CCC(c1ccccc1)C(NN)C1CCOC2(CCC2)C1. The summed E-state index contributed by atoms with van der Waals surface area (Å²) < 4.78 is 6.08. The molecule has 116 valence electrons. The molecular weight excluding hydrogens is 260 g/mol. The Kier molecular flexibility index (Phi) is 4.63. The summed E-state index contributed by atoms with van der Waals surface area (Å²) in [5.41, 5.74) is 4.74. The van der Waals surface area contributed by atoms with E-state index in [-0.39, 0.29) is 5.60 Å². The van der Waals surface area contributed by atoms with Crippen molar-refractivity contribution in [2.75, 3.05) is 6.61 Å². The Morgan fingerprint density at radius 3 is 2.67 bits per heavy atom. The number of nitrogens with two attached hydrogens (primary N) is 1. The number of nitrogens with one attached hydrogen (secondary N) is 1. The van der Waals surface area contributed by atoms with Gasteiger partial charge >= 0.3 is 0 Å². The molecular formula is C18H28N2O. The average Bonchev–Trinajstić information content (AvgIpc) is 2.52. The van der Waals surface area contributed by atoms with Gasteiger partial charge in [-0.3, -0.25) is 11.3 Å². The van der Waals surface area contributed by atoms with Crippen molar-refractivity contribution in [2.24, 2.45) is 11.8 Å². The zero-order chi connectivity index (χ0) is 14.7. The number of hydrogen-bond donors (Lipinski definition) is 2. The summed E-state index contributed by atoms with van der Waals surface area (Å²) in [5, 5.41) is 0. The van der Waals surface area contributed by atoms with E-state index >= 15 is 0 Å². The first-order chi connectivity index (χ1) is 10.3. The number of hydrogen-bond acceptors (Lipinski definition) is 3. The fourth-order valence-electron chi connectivity index (χ4n) is 4.27. The number of ether oxygens (including phenoxy) is 1. The lowest BCUT2D eigenvalue weighted by molar-refractivity contribution is -0.148. The fourth-order valence-corrected chi connectivity index (χ4v) is 4.27. The van der Waals surface area contributed by atoms with Crippen molar-refractivity contribution >= 4 is 0 Å². The molecule has 1 spiro atoms. The lowest BCUT2D eigenvalue weighted by Gasteiger charge is -2.49. The molecule has 1 aromatic rings. The largest absolute Gasteiger partial charge is 0.375 e. The number of rotatable bonds is 5. The molecule has 2 aliphatic rings. The summed E-state index contributed by atoms with van der Waals surface area (Å²) in [6.07, 6.45) is 7.21. The quantitative estimate of drug-likeness (QED) is 0.645. The first-order valence-electron chi connectivity index (χ1n) is 8.43. The summed E-state index contributed by atoms with van der Waals surface area (Å²) in [6, 6.07) is 11.2. The lowest BCUT2D eigenvalue weighted by Crippen LogP contribution is -2.53. The second-order valence-corrected chi connectivity index (χ2v) is 6.76. The van der Waals surface area contributed by atoms with Crippen LogP contribution in [-0.2, 0) is 4.74 Å². The predicted octanol–water partition coefficient (Wildman–Crippen LogP) is 3.36. The fraction of sp³-hybridized carbons (Fsp3) is 0.667. The molecule has 0 radical (unpaired) electrons.